The summed E-state index contributed by atoms with van der Waals surface area (Å²) in [5.41, 5.74) is 4.42. The van der Waals surface area contributed by atoms with E-state index in [9.17, 15) is 4.79 Å². The molecule has 0 saturated carbocycles. The molecule has 3 heterocycles. The molecule has 0 fully saturated rings. The summed E-state index contributed by atoms with van der Waals surface area (Å²) in [4.78, 5) is 29.0. The summed E-state index contributed by atoms with van der Waals surface area (Å²) in [7, 11) is 1.81. The average molecular weight is 418 g/mol. The van der Waals surface area contributed by atoms with E-state index in [4.69, 9.17) is 0 Å². The Morgan fingerprint density at radius 1 is 1.13 bits per heavy atom. The Kier molecular flexibility index (Phi) is 5.55. The highest BCUT2D eigenvalue weighted by Gasteiger charge is 2.16. The van der Waals surface area contributed by atoms with Crippen molar-refractivity contribution in [2.45, 2.75) is 18.7 Å². The molecule has 0 bridgehead atoms. The van der Waals surface area contributed by atoms with Crippen LogP contribution in [-0.2, 0) is 0 Å². The minimum Gasteiger partial charge on any atom is -0.342 e. The maximum Gasteiger partial charge on any atom is 0.253 e. The second-order valence-corrected chi connectivity index (χ2v) is 7.96. The van der Waals surface area contributed by atoms with Crippen LogP contribution in [0.25, 0.3) is 28.1 Å². The first kappa shape index (κ1) is 20.1. The maximum absolute atomic E-state index is 12.6. The normalized spacial score (nSPS) is 11.1. The van der Waals surface area contributed by atoms with Crippen LogP contribution in [0.4, 0.5) is 0 Å². The Morgan fingerprint density at radius 2 is 1.90 bits per heavy atom. The third-order valence-electron chi connectivity index (χ3n) is 5.12. The molecule has 30 heavy (non-hydrogen) atoms. The van der Waals surface area contributed by atoms with Crippen molar-refractivity contribution in [2.24, 2.45) is 0 Å². The van der Waals surface area contributed by atoms with Crippen molar-refractivity contribution in [3.63, 3.8) is 0 Å². The lowest BCUT2D eigenvalue weighted by Crippen LogP contribution is -2.26. The minimum atomic E-state index is -0.000334. The zero-order valence-corrected chi connectivity index (χ0v) is 18.3. The molecular weight excluding hydrogens is 394 g/mol. The molecule has 0 aliphatic carbocycles. The van der Waals surface area contributed by atoms with Crippen molar-refractivity contribution in [3.8, 4) is 17.2 Å². The van der Waals surface area contributed by atoms with Crippen molar-refractivity contribution >= 4 is 28.6 Å². The van der Waals surface area contributed by atoms with Gasteiger partial charge in [0.05, 0.1) is 11.2 Å². The van der Waals surface area contributed by atoms with E-state index in [1.807, 2.05) is 61.2 Å². The summed E-state index contributed by atoms with van der Waals surface area (Å²) in [5, 5.41) is 1.08. The molecule has 0 saturated heterocycles. The molecular formula is C23H23N5OS. The molecule has 0 spiro atoms. The number of fused-ring (bicyclic) bond motifs is 1. The van der Waals surface area contributed by atoms with Gasteiger partial charge in [-0.3, -0.25) is 14.3 Å². The van der Waals surface area contributed by atoms with Crippen LogP contribution in [0, 0.1) is 6.92 Å². The second-order valence-electron chi connectivity index (χ2n) is 7.11. The van der Waals surface area contributed by atoms with Gasteiger partial charge in [0.1, 0.15) is 0 Å². The fraction of sp³-hybridized carbons (Fsp3) is 0.217. The Bertz CT molecular complexity index is 1220. The molecule has 0 unspecified atom stereocenters. The van der Waals surface area contributed by atoms with E-state index in [-0.39, 0.29) is 5.91 Å². The van der Waals surface area contributed by atoms with E-state index >= 15 is 0 Å². The molecule has 0 aliphatic rings. The topological polar surface area (TPSA) is 63.9 Å². The number of amides is 1. The highest BCUT2D eigenvalue weighted by atomic mass is 32.2. The lowest BCUT2D eigenvalue weighted by Gasteiger charge is -2.14. The van der Waals surface area contributed by atoms with Crippen molar-refractivity contribution < 1.29 is 4.79 Å². The van der Waals surface area contributed by atoms with Gasteiger partial charge in [0, 0.05) is 59.8 Å². The highest BCUT2D eigenvalue weighted by Crippen LogP contribution is 2.31. The van der Waals surface area contributed by atoms with Crippen LogP contribution in [0.2, 0.25) is 0 Å². The summed E-state index contributed by atoms with van der Waals surface area (Å²) in [6.45, 7) is 4.65. The van der Waals surface area contributed by atoms with E-state index in [2.05, 4.69) is 15.0 Å². The molecule has 1 aromatic carbocycles. The number of aromatic nitrogens is 4. The molecule has 152 valence electrons. The SMILES string of the molecule is CCN(C)C(=O)c1ccc2c(SC)cn(-c3ncc(-c4cc(C)ccn4)cn3)c2c1. The van der Waals surface area contributed by atoms with E-state index in [0.29, 0.717) is 18.1 Å². The van der Waals surface area contributed by atoms with Gasteiger partial charge in [0.25, 0.3) is 5.91 Å². The van der Waals surface area contributed by atoms with Crippen LogP contribution in [0.1, 0.15) is 22.8 Å². The lowest BCUT2D eigenvalue weighted by molar-refractivity contribution is 0.0802. The summed E-state index contributed by atoms with van der Waals surface area (Å²) < 4.78 is 1.94. The van der Waals surface area contributed by atoms with Crippen molar-refractivity contribution in [2.75, 3.05) is 19.8 Å². The van der Waals surface area contributed by atoms with E-state index < -0.39 is 0 Å². The van der Waals surface area contributed by atoms with Gasteiger partial charge < -0.3 is 4.90 Å². The predicted molar refractivity (Wildman–Crippen MR) is 121 cm³/mol. The Labute approximate surface area is 180 Å². The molecule has 0 N–H and O–H groups in total. The van der Waals surface area contributed by atoms with Crippen LogP contribution in [0.15, 0.2) is 60.0 Å². The Hall–Kier alpha value is -3.19. The highest BCUT2D eigenvalue weighted by molar-refractivity contribution is 7.98. The van der Waals surface area contributed by atoms with Crippen molar-refractivity contribution in [3.05, 3.63) is 66.2 Å². The molecule has 3 aromatic heterocycles. The van der Waals surface area contributed by atoms with Gasteiger partial charge in [0.2, 0.25) is 5.95 Å². The number of hydrogen-bond donors (Lipinski definition) is 0. The van der Waals surface area contributed by atoms with Crippen LogP contribution < -0.4 is 0 Å². The number of carbonyl (C=O) groups is 1. The third kappa shape index (κ3) is 3.68. The molecule has 0 atom stereocenters. The fourth-order valence-corrected chi connectivity index (χ4v) is 3.90. The first-order valence-electron chi connectivity index (χ1n) is 9.71. The number of aryl methyl sites for hydroxylation is 1. The maximum atomic E-state index is 12.6. The van der Waals surface area contributed by atoms with Crippen LogP contribution in [-0.4, -0.2) is 50.2 Å². The predicted octanol–water partition coefficient (Wildman–Crippen LogP) is 4.60. The zero-order chi connectivity index (χ0) is 21.3. The molecule has 6 nitrogen and oxygen atoms in total. The van der Waals surface area contributed by atoms with E-state index in [1.165, 1.54) is 0 Å². The first-order chi connectivity index (χ1) is 14.5. The largest absolute Gasteiger partial charge is 0.342 e. The van der Waals surface area contributed by atoms with Gasteiger partial charge in [-0.1, -0.05) is 6.07 Å². The van der Waals surface area contributed by atoms with Gasteiger partial charge in [-0.05, 0) is 49.9 Å². The zero-order valence-electron chi connectivity index (χ0n) is 17.5. The van der Waals surface area contributed by atoms with E-state index in [0.717, 1.165) is 32.6 Å². The summed E-state index contributed by atoms with van der Waals surface area (Å²) in [5.74, 6) is 0.560. The van der Waals surface area contributed by atoms with Gasteiger partial charge in [-0.2, -0.15) is 0 Å². The van der Waals surface area contributed by atoms with Crippen LogP contribution in [0.3, 0.4) is 0 Å². The molecule has 4 aromatic rings. The lowest BCUT2D eigenvalue weighted by atomic mass is 10.1. The Morgan fingerprint density at radius 3 is 2.57 bits per heavy atom. The smallest absolute Gasteiger partial charge is 0.253 e. The molecule has 0 radical (unpaired) electrons. The number of hydrogen-bond acceptors (Lipinski definition) is 5. The third-order valence-corrected chi connectivity index (χ3v) is 5.89. The van der Waals surface area contributed by atoms with Gasteiger partial charge in [0.15, 0.2) is 0 Å². The average Bonchev–Trinajstić information content (AvgIpc) is 3.16. The number of thioether (sulfide) groups is 1. The minimum absolute atomic E-state index is 0.000334. The number of carbonyl (C=O) groups excluding carboxylic acids is 1. The monoisotopic (exact) mass is 417 g/mol. The molecule has 4 rings (SSSR count). The molecule has 0 aliphatic heterocycles. The Balaban J connectivity index is 1.78. The number of rotatable bonds is 5. The van der Waals surface area contributed by atoms with Gasteiger partial charge in [-0.15, -0.1) is 11.8 Å². The number of benzene rings is 1. The second kappa shape index (κ2) is 8.28. The van der Waals surface area contributed by atoms with Crippen molar-refractivity contribution in [1.82, 2.24) is 24.4 Å². The quantitative estimate of drug-likeness (QED) is 0.444. The van der Waals surface area contributed by atoms with Crippen molar-refractivity contribution in [1.29, 1.82) is 0 Å². The van der Waals surface area contributed by atoms with Crippen LogP contribution >= 0.6 is 11.8 Å². The standard InChI is InChI=1S/C23H23N5OS/c1-5-27(3)22(29)16-6-7-18-20(11-16)28(14-21(18)30-4)23-25-12-17(13-26-23)19-10-15(2)8-9-24-19/h6-14H,5H2,1-4H3. The molecule has 1 amide bonds. The van der Waals surface area contributed by atoms with Gasteiger partial charge in [-0.25, -0.2) is 9.97 Å². The van der Waals surface area contributed by atoms with E-state index in [1.54, 1.807) is 42.3 Å². The fourth-order valence-electron chi connectivity index (χ4n) is 3.29. The first-order valence-corrected chi connectivity index (χ1v) is 10.9. The number of pyridine rings is 1. The molecule has 7 heteroatoms. The number of nitrogens with zero attached hydrogens (tertiary/aromatic N) is 5. The summed E-state index contributed by atoms with van der Waals surface area (Å²) >= 11 is 1.66. The van der Waals surface area contributed by atoms with Crippen LogP contribution in [0.5, 0.6) is 0 Å². The van der Waals surface area contributed by atoms with Gasteiger partial charge >= 0.3 is 0 Å². The summed E-state index contributed by atoms with van der Waals surface area (Å²) in [6.07, 6.45) is 9.42. The summed E-state index contributed by atoms with van der Waals surface area (Å²) in [6, 6.07) is 9.78.